The maximum absolute atomic E-state index is 12.9. The maximum atomic E-state index is 12.9. The molecule has 28 heavy (non-hydrogen) atoms. The summed E-state index contributed by atoms with van der Waals surface area (Å²) in [7, 11) is -3.48. The van der Waals surface area contributed by atoms with Gasteiger partial charge in [-0.2, -0.15) is 26.3 Å². The molecule has 158 valence electrons. The van der Waals surface area contributed by atoms with E-state index >= 15 is 0 Å². The number of nitrogens with one attached hydrogen (secondary N) is 1. The Labute approximate surface area is 157 Å². The number of hydrogen-bond acceptors (Lipinski definition) is 3. The number of halogens is 6. The zero-order valence-corrected chi connectivity index (χ0v) is 15.4. The molecule has 1 aliphatic heterocycles. The molecule has 0 atom stereocenters. The molecule has 1 aliphatic rings. The first-order valence-corrected chi connectivity index (χ1v) is 9.83. The van der Waals surface area contributed by atoms with Crippen LogP contribution in [0.5, 0.6) is 0 Å². The second-order valence-electron chi connectivity index (χ2n) is 6.23. The lowest BCUT2D eigenvalue weighted by Crippen LogP contribution is -2.39. The molecule has 0 radical (unpaired) electrons. The normalized spacial score (nSPS) is 17.3. The van der Waals surface area contributed by atoms with Crippen LogP contribution < -0.4 is 5.32 Å². The lowest BCUT2D eigenvalue weighted by atomic mass is 10.1. The highest BCUT2D eigenvalue weighted by molar-refractivity contribution is 7.88. The maximum Gasteiger partial charge on any atom is 0.416 e. The molecule has 0 spiro atoms. The fraction of sp³-hybridized carbons (Fsp3) is 0.533. The number of hydrogen-bond donors (Lipinski definition) is 1. The number of carbonyl (C=O) groups is 1. The van der Waals surface area contributed by atoms with Crippen LogP contribution in [0.25, 0.3) is 0 Å². The van der Waals surface area contributed by atoms with Crippen molar-refractivity contribution in [1.29, 1.82) is 0 Å². The molecule has 0 aliphatic carbocycles. The standard InChI is InChI=1S/C15H17F6N3O3S/c1-28(26,27)24-4-2-3-23(5-6-24)13(25)22-12-8-10(14(16,17)18)7-11(9-12)15(19,20)21/h7-9H,2-6H2,1H3,(H,22,25). The zero-order valence-electron chi connectivity index (χ0n) is 14.6. The second-order valence-corrected chi connectivity index (χ2v) is 8.21. The fourth-order valence-corrected chi connectivity index (χ4v) is 3.53. The van der Waals surface area contributed by atoms with Crippen molar-refractivity contribution in [2.45, 2.75) is 18.8 Å². The van der Waals surface area contributed by atoms with E-state index in [0.29, 0.717) is 12.1 Å². The van der Waals surface area contributed by atoms with Gasteiger partial charge < -0.3 is 10.2 Å². The van der Waals surface area contributed by atoms with Crippen LogP contribution >= 0.6 is 0 Å². The van der Waals surface area contributed by atoms with Crippen LogP contribution in [0, 0.1) is 0 Å². The van der Waals surface area contributed by atoms with Crippen molar-refractivity contribution in [3.63, 3.8) is 0 Å². The molecule has 0 aromatic heterocycles. The van der Waals surface area contributed by atoms with E-state index in [1.54, 1.807) is 0 Å². The van der Waals surface area contributed by atoms with Crippen LogP contribution in [0.3, 0.4) is 0 Å². The first-order valence-electron chi connectivity index (χ1n) is 7.98. The van der Waals surface area contributed by atoms with Gasteiger partial charge in [0.2, 0.25) is 10.0 Å². The number of benzene rings is 1. The molecule has 6 nitrogen and oxygen atoms in total. The van der Waals surface area contributed by atoms with Crippen LogP contribution in [0.2, 0.25) is 0 Å². The average molecular weight is 433 g/mol. The summed E-state index contributed by atoms with van der Waals surface area (Å²) in [5.74, 6) is 0. The quantitative estimate of drug-likeness (QED) is 0.729. The highest BCUT2D eigenvalue weighted by atomic mass is 32.2. The Hall–Kier alpha value is -2.02. The van der Waals surface area contributed by atoms with E-state index in [-0.39, 0.29) is 38.7 Å². The number of urea groups is 1. The number of nitrogens with zero attached hydrogens (tertiary/aromatic N) is 2. The third-order valence-corrected chi connectivity index (χ3v) is 5.35. The Balaban J connectivity index is 2.21. The Morgan fingerprint density at radius 1 is 0.929 bits per heavy atom. The van der Waals surface area contributed by atoms with Gasteiger partial charge in [0.25, 0.3) is 0 Å². The second kappa shape index (κ2) is 7.78. The van der Waals surface area contributed by atoms with E-state index in [9.17, 15) is 39.6 Å². The third kappa shape index (κ3) is 5.74. The Kier molecular flexibility index (Phi) is 6.19. The number of carbonyl (C=O) groups excluding carboxylic acids is 1. The lowest BCUT2D eigenvalue weighted by molar-refractivity contribution is -0.143. The monoisotopic (exact) mass is 433 g/mol. The Morgan fingerprint density at radius 3 is 1.93 bits per heavy atom. The molecule has 1 fully saturated rings. The molecule has 1 aromatic rings. The molecular formula is C15H17F6N3O3S. The number of anilines is 1. The minimum Gasteiger partial charge on any atom is -0.323 e. The van der Waals surface area contributed by atoms with Gasteiger partial charge in [0.1, 0.15) is 0 Å². The van der Waals surface area contributed by atoms with Gasteiger partial charge in [-0.25, -0.2) is 17.5 Å². The molecule has 1 N–H and O–H groups in total. The minimum absolute atomic E-state index is 0.0252. The van der Waals surface area contributed by atoms with E-state index in [1.165, 1.54) is 0 Å². The van der Waals surface area contributed by atoms with Crippen molar-refractivity contribution < 1.29 is 39.6 Å². The zero-order chi connectivity index (χ0) is 21.3. The van der Waals surface area contributed by atoms with Gasteiger partial charge in [0, 0.05) is 31.9 Å². The molecule has 2 rings (SSSR count). The molecular weight excluding hydrogens is 416 g/mol. The number of amides is 2. The SMILES string of the molecule is CS(=O)(=O)N1CCCN(C(=O)Nc2cc(C(F)(F)F)cc(C(F)(F)F)c2)CC1. The summed E-state index contributed by atoms with van der Waals surface area (Å²) < 4.78 is 102. The van der Waals surface area contributed by atoms with Gasteiger partial charge in [-0.05, 0) is 24.6 Å². The van der Waals surface area contributed by atoms with Crippen LogP contribution in [-0.4, -0.2) is 56.1 Å². The van der Waals surface area contributed by atoms with Crippen LogP contribution in [0.15, 0.2) is 18.2 Å². The van der Waals surface area contributed by atoms with Crippen LogP contribution in [0.1, 0.15) is 17.5 Å². The Morgan fingerprint density at radius 2 is 1.46 bits per heavy atom. The van der Waals surface area contributed by atoms with Crippen LogP contribution in [-0.2, 0) is 22.4 Å². The largest absolute Gasteiger partial charge is 0.416 e. The first-order chi connectivity index (χ1) is 12.7. The predicted octanol–water partition coefficient (Wildman–Crippen LogP) is 3.22. The summed E-state index contributed by atoms with van der Waals surface area (Å²) in [6.45, 7) is 0.181. The molecule has 1 heterocycles. The van der Waals surface area contributed by atoms with E-state index in [2.05, 4.69) is 0 Å². The van der Waals surface area contributed by atoms with Crippen molar-refractivity contribution in [2.24, 2.45) is 0 Å². The summed E-state index contributed by atoms with van der Waals surface area (Å²) in [4.78, 5) is 13.4. The van der Waals surface area contributed by atoms with Crippen molar-refractivity contribution in [2.75, 3.05) is 37.8 Å². The first kappa shape index (κ1) is 22.3. The number of sulfonamides is 1. The summed E-state index contributed by atoms with van der Waals surface area (Å²) in [5, 5.41) is 2.04. The van der Waals surface area contributed by atoms with Gasteiger partial charge in [-0.15, -0.1) is 0 Å². The molecule has 1 aromatic carbocycles. The van der Waals surface area contributed by atoms with Gasteiger partial charge in [0.05, 0.1) is 17.4 Å². The van der Waals surface area contributed by atoms with Gasteiger partial charge in [-0.3, -0.25) is 0 Å². The average Bonchev–Trinajstić information content (AvgIpc) is 2.78. The molecule has 0 unspecified atom stereocenters. The molecule has 0 saturated carbocycles. The van der Waals surface area contributed by atoms with Gasteiger partial charge in [0.15, 0.2) is 0 Å². The summed E-state index contributed by atoms with van der Waals surface area (Å²) in [5.41, 5.74) is -3.75. The summed E-state index contributed by atoms with van der Waals surface area (Å²) in [6, 6.07) is -0.129. The number of alkyl halides is 6. The Bertz CT molecular complexity index is 806. The van der Waals surface area contributed by atoms with Crippen LogP contribution in [0.4, 0.5) is 36.8 Å². The van der Waals surface area contributed by atoms with Crippen molar-refractivity contribution >= 4 is 21.7 Å². The predicted molar refractivity (Wildman–Crippen MR) is 88.1 cm³/mol. The van der Waals surface area contributed by atoms with Crippen molar-refractivity contribution in [3.05, 3.63) is 29.3 Å². The van der Waals surface area contributed by atoms with Gasteiger partial charge in [-0.1, -0.05) is 0 Å². The molecule has 13 heteroatoms. The fourth-order valence-electron chi connectivity index (χ4n) is 2.66. The third-order valence-electron chi connectivity index (χ3n) is 4.05. The summed E-state index contributed by atoms with van der Waals surface area (Å²) >= 11 is 0. The number of rotatable bonds is 2. The highest BCUT2D eigenvalue weighted by Crippen LogP contribution is 2.37. The van der Waals surface area contributed by atoms with E-state index in [1.807, 2.05) is 5.32 Å². The molecule has 0 bridgehead atoms. The summed E-state index contributed by atoms with van der Waals surface area (Å²) in [6.07, 6.45) is -8.78. The van der Waals surface area contributed by atoms with E-state index in [4.69, 9.17) is 0 Å². The lowest BCUT2D eigenvalue weighted by Gasteiger charge is -2.22. The highest BCUT2D eigenvalue weighted by Gasteiger charge is 2.37. The van der Waals surface area contributed by atoms with Gasteiger partial charge >= 0.3 is 18.4 Å². The topological polar surface area (TPSA) is 69.7 Å². The van der Waals surface area contributed by atoms with Crippen molar-refractivity contribution in [1.82, 2.24) is 9.21 Å². The molecule has 2 amide bonds. The smallest absolute Gasteiger partial charge is 0.323 e. The van der Waals surface area contributed by atoms with Crippen molar-refractivity contribution in [3.8, 4) is 0 Å². The molecule has 1 saturated heterocycles. The minimum atomic E-state index is -5.03. The van der Waals surface area contributed by atoms with E-state index in [0.717, 1.165) is 15.5 Å². The van der Waals surface area contributed by atoms with E-state index < -0.39 is 45.2 Å².